The Balaban J connectivity index is 1.61. The van der Waals surface area contributed by atoms with Gasteiger partial charge in [-0.1, -0.05) is 30.3 Å². The van der Waals surface area contributed by atoms with E-state index >= 15 is 0 Å². The number of amides is 1. The van der Waals surface area contributed by atoms with Crippen LogP contribution in [0.15, 0.2) is 67.0 Å². The van der Waals surface area contributed by atoms with Gasteiger partial charge >= 0.3 is 5.97 Å². The second-order valence-electron chi connectivity index (χ2n) is 6.10. The number of nitrogens with one attached hydrogen (secondary N) is 2. The number of anilines is 2. The molecule has 2 N–H and O–H groups in total. The predicted octanol–water partition coefficient (Wildman–Crippen LogP) is 3.69. The number of ether oxygens (including phenoxy) is 1. The summed E-state index contributed by atoms with van der Waals surface area (Å²) in [4.78, 5) is 32.2. The van der Waals surface area contributed by atoms with Gasteiger partial charge in [-0.3, -0.25) is 4.79 Å². The fourth-order valence-electron chi connectivity index (χ4n) is 2.55. The van der Waals surface area contributed by atoms with Crippen LogP contribution in [0.4, 0.5) is 11.6 Å². The van der Waals surface area contributed by atoms with E-state index in [0.717, 1.165) is 5.56 Å². The molecule has 3 rings (SSSR count). The van der Waals surface area contributed by atoms with E-state index in [0.29, 0.717) is 22.8 Å². The molecular formula is C21H20N4O3. The molecule has 0 aliphatic heterocycles. The van der Waals surface area contributed by atoms with Crippen molar-refractivity contribution in [2.45, 2.75) is 13.0 Å². The highest BCUT2D eigenvalue weighted by molar-refractivity contribution is 6.04. The summed E-state index contributed by atoms with van der Waals surface area (Å²) in [5.74, 6) is -0.331. The summed E-state index contributed by atoms with van der Waals surface area (Å²) >= 11 is 0. The molecule has 0 saturated heterocycles. The van der Waals surface area contributed by atoms with Crippen LogP contribution in [0.25, 0.3) is 0 Å². The Morgan fingerprint density at radius 2 is 1.57 bits per heavy atom. The smallest absolute Gasteiger partial charge is 0.337 e. The third-order valence-corrected chi connectivity index (χ3v) is 4.12. The molecule has 1 amide bonds. The minimum absolute atomic E-state index is 0.0363. The molecule has 7 nitrogen and oxygen atoms in total. The molecule has 2 aromatic carbocycles. The van der Waals surface area contributed by atoms with Crippen LogP contribution in [-0.4, -0.2) is 29.0 Å². The Labute approximate surface area is 162 Å². The Hall–Kier alpha value is -3.74. The molecule has 0 aliphatic carbocycles. The van der Waals surface area contributed by atoms with E-state index in [9.17, 15) is 9.59 Å². The number of nitrogens with zero attached hydrogens (tertiary/aromatic N) is 2. The van der Waals surface area contributed by atoms with Crippen molar-refractivity contribution in [3.05, 3.63) is 83.7 Å². The quantitative estimate of drug-likeness (QED) is 0.638. The van der Waals surface area contributed by atoms with Gasteiger partial charge in [-0.15, -0.1) is 0 Å². The SMILES string of the molecule is COC(=O)c1ccc(NC(=O)c2cnc(NC(C)c3ccccc3)nc2)cc1. The summed E-state index contributed by atoms with van der Waals surface area (Å²) in [5.41, 5.74) is 2.41. The van der Waals surface area contributed by atoms with Gasteiger partial charge < -0.3 is 15.4 Å². The lowest BCUT2D eigenvalue weighted by atomic mass is 10.1. The van der Waals surface area contributed by atoms with Crippen LogP contribution in [0.1, 0.15) is 39.2 Å². The first-order chi connectivity index (χ1) is 13.6. The molecule has 0 radical (unpaired) electrons. The molecule has 0 aliphatic rings. The summed E-state index contributed by atoms with van der Waals surface area (Å²) in [5, 5.41) is 5.94. The van der Waals surface area contributed by atoms with Crippen LogP contribution in [0.2, 0.25) is 0 Å². The largest absolute Gasteiger partial charge is 0.465 e. The number of hydrogen-bond acceptors (Lipinski definition) is 6. The summed E-state index contributed by atoms with van der Waals surface area (Å²) in [7, 11) is 1.32. The topological polar surface area (TPSA) is 93.2 Å². The Morgan fingerprint density at radius 1 is 0.929 bits per heavy atom. The number of carbonyl (C=O) groups excluding carboxylic acids is 2. The van der Waals surface area contributed by atoms with E-state index in [2.05, 4.69) is 25.3 Å². The molecule has 3 aromatic rings. The van der Waals surface area contributed by atoms with Crippen LogP contribution in [0.3, 0.4) is 0 Å². The minimum atomic E-state index is -0.431. The van der Waals surface area contributed by atoms with Gasteiger partial charge in [0.2, 0.25) is 5.95 Å². The van der Waals surface area contributed by atoms with E-state index < -0.39 is 5.97 Å². The van der Waals surface area contributed by atoms with E-state index in [1.165, 1.54) is 19.5 Å². The molecule has 1 atom stereocenters. The number of aromatic nitrogens is 2. The van der Waals surface area contributed by atoms with Gasteiger partial charge in [-0.2, -0.15) is 0 Å². The van der Waals surface area contributed by atoms with Gasteiger partial charge in [0.25, 0.3) is 5.91 Å². The van der Waals surface area contributed by atoms with E-state index in [1.54, 1.807) is 24.3 Å². The second-order valence-corrected chi connectivity index (χ2v) is 6.10. The maximum absolute atomic E-state index is 12.3. The fraction of sp³-hybridized carbons (Fsp3) is 0.143. The fourth-order valence-corrected chi connectivity index (χ4v) is 2.55. The molecule has 1 aromatic heterocycles. The monoisotopic (exact) mass is 376 g/mol. The molecule has 7 heteroatoms. The molecule has 0 saturated carbocycles. The molecule has 0 fully saturated rings. The predicted molar refractivity (Wildman–Crippen MR) is 106 cm³/mol. The molecule has 0 spiro atoms. The van der Waals surface area contributed by atoms with Gasteiger partial charge in [-0.25, -0.2) is 14.8 Å². The van der Waals surface area contributed by atoms with Crippen molar-refractivity contribution in [3.8, 4) is 0 Å². The van der Waals surface area contributed by atoms with Crippen LogP contribution in [-0.2, 0) is 4.74 Å². The van der Waals surface area contributed by atoms with Crippen molar-refractivity contribution in [1.82, 2.24) is 9.97 Å². The highest BCUT2D eigenvalue weighted by Gasteiger charge is 2.11. The van der Waals surface area contributed by atoms with E-state index in [1.807, 2.05) is 37.3 Å². The normalized spacial score (nSPS) is 11.4. The maximum atomic E-state index is 12.3. The third kappa shape index (κ3) is 4.70. The first kappa shape index (κ1) is 19.0. The highest BCUT2D eigenvalue weighted by Crippen LogP contribution is 2.16. The number of benzene rings is 2. The Kier molecular flexibility index (Phi) is 5.96. The van der Waals surface area contributed by atoms with Crippen molar-refractivity contribution in [2.75, 3.05) is 17.7 Å². The first-order valence-corrected chi connectivity index (χ1v) is 8.70. The van der Waals surface area contributed by atoms with Gasteiger partial charge in [0.15, 0.2) is 0 Å². The molecule has 1 unspecified atom stereocenters. The summed E-state index contributed by atoms with van der Waals surface area (Å²) < 4.78 is 4.64. The molecule has 28 heavy (non-hydrogen) atoms. The zero-order chi connectivity index (χ0) is 19.9. The Morgan fingerprint density at radius 3 is 2.18 bits per heavy atom. The number of carbonyl (C=O) groups is 2. The summed E-state index contributed by atoms with van der Waals surface area (Å²) in [6.07, 6.45) is 2.93. The van der Waals surface area contributed by atoms with Crippen molar-refractivity contribution < 1.29 is 14.3 Å². The second kappa shape index (κ2) is 8.77. The number of esters is 1. The van der Waals surface area contributed by atoms with Crippen LogP contribution in [0, 0.1) is 0 Å². The minimum Gasteiger partial charge on any atom is -0.465 e. The van der Waals surface area contributed by atoms with Gasteiger partial charge in [-0.05, 0) is 36.8 Å². The van der Waals surface area contributed by atoms with E-state index in [4.69, 9.17) is 0 Å². The van der Waals surface area contributed by atoms with Crippen molar-refractivity contribution in [2.24, 2.45) is 0 Å². The number of rotatable bonds is 6. The zero-order valence-corrected chi connectivity index (χ0v) is 15.5. The average molecular weight is 376 g/mol. The highest BCUT2D eigenvalue weighted by atomic mass is 16.5. The molecule has 1 heterocycles. The summed E-state index contributed by atoms with van der Waals surface area (Å²) in [6, 6.07) is 16.4. The van der Waals surface area contributed by atoms with Crippen LogP contribution in [0.5, 0.6) is 0 Å². The molecular weight excluding hydrogens is 356 g/mol. The van der Waals surface area contributed by atoms with Crippen LogP contribution < -0.4 is 10.6 Å². The van der Waals surface area contributed by atoms with Crippen molar-refractivity contribution in [3.63, 3.8) is 0 Å². The lowest BCUT2D eigenvalue weighted by Crippen LogP contribution is -2.14. The number of methoxy groups -OCH3 is 1. The zero-order valence-electron chi connectivity index (χ0n) is 15.5. The maximum Gasteiger partial charge on any atom is 0.337 e. The van der Waals surface area contributed by atoms with Crippen molar-refractivity contribution in [1.29, 1.82) is 0 Å². The molecule has 0 bridgehead atoms. The summed E-state index contributed by atoms with van der Waals surface area (Å²) in [6.45, 7) is 2.01. The first-order valence-electron chi connectivity index (χ1n) is 8.70. The standard InChI is InChI=1S/C21H20N4O3/c1-14(15-6-4-3-5-7-15)24-21-22-12-17(13-23-21)19(26)25-18-10-8-16(9-11-18)20(27)28-2/h3-14H,1-2H3,(H,25,26)(H,22,23,24). The van der Waals surface area contributed by atoms with Crippen molar-refractivity contribution >= 4 is 23.5 Å². The average Bonchev–Trinajstić information content (AvgIpc) is 2.74. The number of hydrogen-bond donors (Lipinski definition) is 2. The molecule has 142 valence electrons. The van der Waals surface area contributed by atoms with E-state index in [-0.39, 0.29) is 11.9 Å². The lowest BCUT2D eigenvalue weighted by molar-refractivity contribution is 0.0600. The van der Waals surface area contributed by atoms with Crippen LogP contribution >= 0.6 is 0 Å². The van der Waals surface area contributed by atoms with Gasteiger partial charge in [0.1, 0.15) is 0 Å². The Bertz CT molecular complexity index is 942. The van der Waals surface area contributed by atoms with Gasteiger partial charge in [0, 0.05) is 18.1 Å². The lowest BCUT2D eigenvalue weighted by Gasteiger charge is -2.14. The third-order valence-electron chi connectivity index (χ3n) is 4.12. The van der Waals surface area contributed by atoms with Gasteiger partial charge in [0.05, 0.1) is 24.3 Å².